The molecule has 164 valence electrons. The van der Waals surface area contributed by atoms with Crippen LogP contribution in [0.3, 0.4) is 0 Å². The van der Waals surface area contributed by atoms with Gasteiger partial charge in [-0.2, -0.15) is 0 Å². The minimum Gasteiger partial charge on any atom is -0.493 e. The van der Waals surface area contributed by atoms with Crippen LogP contribution >= 0.6 is 11.8 Å². The van der Waals surface area contributed by atoms with Crippen molar-refractivity contribution in [3.63, 3.8) is 0 Å². The Morgan fingerprint density at radius 2 is 1.87 bits per heavy atom. The standard InChI is InChI=1S/C26H31FN2OS/c1-16(2)18(4)23-13-21(27)7-9-25(23)30-11-10-19-6-8-22(31-5)14-24(19)20-12-17(3)26(28)29-15-20/h6-9,12-16,18H,10-11H2,1-5H3,(H2,28,29). The molecule has 0 fully saturated rings. The molecule has 5 heteroatoms. The number of benzene rings is 2. The summed E-state index contributed by atoms with van der Waals surface area (Å²) in [7, 11) is 0. The van der Waals surface area contributed by atoms with Gasteiger partial charge in [0.2, 0.25) is 0 Å². The van der Waals surface area contributed by atoms with E-state index in [0.717, 1.165) is 34.4 Å². The van der Waals surface area contributed by atoms with Crippen molar-refractivity contribution in [2.45, 2.75) is 44.9 Å². The van der Waals surface area contributed by atoms with Crippen LogP contribution in [-0.4, -0.2) is 17.8 Å². The molecule has 1 heterocycles. The fourth-order valence-corrected chi connectivity index (χ4v) is 3.98. The number of pyridine rings is 1. The Labute approximate surface area is 189 Å². The summed E-state index contributed by atoms with van der Waals surface area (Å²) in [5.74, 6) is 1.70. The van der Waals surface area contributed by atoms with Crippen molar-refractivity contribution < 1.29 is 9.13 Å². The van der Waals surface area contributed by atoms with E-state index in [0.29, 0.717) is 18.3 Å². The second kappa shape index (κ2) is 10.2. The zero-order valence-corrected chi connectivity index (χ0v) is 19.7. The lowest BCUT2D eigenvalue weighted by Crippen LogP contribution is -2.09. The Morgan fingerprint density at radius 1 is 1.10 bits per heavy atom. The van der Waals surface area contributed by atoms with Crippen LogP contribution in [-0.2, 0) is 6.42 Å². The molecule has 0 saturated heterocycles. The summed E-state index contributed by atoms with van der Waals surface area (Å²) in [5, 5.41) is 0. The predicted molar refractivity (Wildman–Crippen MR) is 129 cm³/mol. The molecule has 1 unspecified atom stereocenters. The summed E-state index contributed by atoms with van der Waals surface area (Å²) in [6, 6.07) is 13.4. The van der Waals surface area contributed by atoms with E-state index in [9.17, 15) is 4.39 Å². The summed E-state index contributed by atoms with van der Waals surface area (Å²) >= 11 is 1.71. The zero-order valence-electron chi connectivity index (χ0n) is 18.9. The number of ether oxygens (including phenoxy) is 1. The minimum absolute atomic E-state index is 0.214. The van der Waals surface area contributed by atoms with Gasteiger partial charge in [0.1, 0.15) is 17.4 Å². The van der Waals surface area contributed by atoms with Gasteiger partial charge < -0.3 is 10.5 Å². The van der Waals surface area contributed by atoms with Gasteiger partial charge in [-0.25, -0.2) is 9.37 Å². The maximum absolute atomic E-state index is 13.9. The fourth-order valence-electron chi connectivity index (χ4n) is 3.54. The largest absolute Gasteiger partial charge is 0.493 e. The van der Waals surface area contributed by atoms with Gasteiger partial charge in [0.05, 0.1) is 6.61 Å². The number of hydrogen-bond acceptors (Lipinski definition) is 4. The summed E-state index contributed by atoms with van der Waals surface area (Å²) in [5.41, 5.74) is 11.2. The van der Waals surface area contributed by atoms with Crippen molar-refractivity contribution in [3.05, 3.63) is 71.2 Å². The zero-order chi connectivity index (χ0) is 22.5. The lowest BCUT2D eigenvalue weighted by Gasteiger charge is -2.20. The highest BCUT2D eigenvalue weighted by atomic mass is 32.2. The molecule has 0 saturated carbocycles. The lowest BCUT2D eigenvalue weighted by atomic mass is 9.89. The molecule has 1 atom stereocenters. The molecule has 0 bridgehead atoms. The van der Waals surface area contributed by atoms with E-state index >= 15 is 0 Å². The average Bonchev–Trinajstić information content (AvgIpc) is 2.76. The topological polar surface area (TPSA) is 48.1 Å². The molecule has 3 rings (SSSR count). The third kappa shape index (κ3) is 5.59. The normalized spacial score (nSPS) is 12.2. The first-order valence-electron chi connectivity index (χ1n) is 10.6. The molecule has 0 aliphatic heterocycles. The van der Waals surface area contributed by atoms with Crippen LogP contribution < -0.4 is 10.5 Å². The van der Waals surface area contributed by atoms with E-state index in [-0.39, 0.29) is 11.7 Å². The van der Waals surface area contributed by atoms with Gasteiger partial charge in [-0.15, -0.1) is 11.8 Å². The molecule has 0 radical (unpaired) electrons. The van der Waals surface area contributed by atoms with E-state index < -0.39 is 0 Å². The smallest absolute Gasteiger partial charge is 0.126 e. The fraction of sp³-hybridized carbons (Fsp3) is 0.346. The molecular formula is C26H31FN2OS. The molecular weight excluding hydrogens is 407 g/mol. The van der Waals surface area contributed by atoms with Gasteiger partial charge in [-0.3, -0.25) is 0 Å². The molecule has 0 aliphatic rings. The van der Waals surface area contributed by atoms with Crippen LogP contribution in [0, 0.1) is 18.7 Å². The van der Waals surface area contributed by atoms with Gasteiger partial charge in [-0.1, -0.05) is 26.8 Å². The van der Waals surface area contributed by atoms with Crippen LogP contribution in [0.4, 0.5) is 10.2 Å². The lowest BCUT2D eigenvalue weighted by molar-refractivity contribution is 0.313. The first-order valence-corrected chi connectivity index (χ1v) is 11.8. The Balaban J connectivity index is 1.84. The van der Waals surface area contributed by atoms with Crippen molar-refractivity contribution in [3.8, 4) is 16.9 Å². The predicted octanol–water partition coefficient (Wildman–Crippen LogP) is 6.88. The number of thioether (sulfide) groups is 1. The number of aromatic nitrogens is 1. The first-order chi connectivity index (χ1) is 14.8. The molecule has 1 aromatic heterocycles. The number of halogens is 1. The van der Waals surface area contributed by atoms with Crippen LogP contribution in [0.25, 0.3) is 11.1 Å². The van der Waals surface area contributed by atoms with Crippen LogP contribution in [0.15, 0.2) is 53.6 Å². The summed E-state index contributed by atoms with van der Waals surface area (Å²) in [6.45, 7) is 8.88. The maximum Gasteiger partial charge on any atom is 0.126 e. The van der Waals surface area contributed by atoms with Gasteiger partial charge >= 0.3 is 0 Å². The second-order valence-corrected chi connectivity index (χ2v) is 9.14. The van der Waals surface area contributed by atoms with Crippen molar-refractivity contribution in [2.24, 2.45) is 5.92 Å². The van der Waals surface area contributed by atoms with Crippen molar-refractivity contribution in [1.82, 2.24) is 4.98 Å². The van der Waals surface area contributed by atoms with Crippen LogP contribution in [0.1, 0.15) is 43.4 Å². The SMILES string of the molecule is CSc1ccc(CCOc2ccc(F)cc2C(C)C(C)C)c(-c2cnc(N)c(C)c2)c1. The summed E-state index contributed by atoms with van der Waals surface area (Å²) in [6.07, 6.45) is 4.63. The van der Waals surface area contributed by atoms with Crippen molar-refractivity contribution >= 4 is 17.6 Å². The molecule has 0 spiro atoms. The average molecular weight is 439 g/mol. The van der Waals surface area contributed by atoms with Crippen LogP contribution in [0.2, 0.25) is 0 Å². The molecule has 2 N–H and O–H groups in total. The van der Waals surface area contributed by atoms with E-state index in [1.54, 1.807) is 23.9 Å². The Hall–Kier alpha value is -2.53. The third-order valence-electron chi connectivity index (χ3n) is 5.84. The third-order valence-corrected chi connectivity index (χ3v) is 6.56. The summed E-state index contributed by atoms with van der Waals surface area (Å²) in [4.78, 5) is 5.53. The molecule has 2 aromatic carbocycles. The highest BCUT2D eigenvalue weighted by molar-refractivity contribution is 7.98. The second-order valence-electron chi connectivity index (χ2n) is 8.26. The molecule has 3 nitrogen and oxygen atoms in total. The van der Waals surface area contributed by atoms with E-state index in [2.05, 4.69) is 56.3 Å². The number of rotatable bonds is 8. The monoisotopic (exact) mass is 438 g/mol. The molecule has 31 heavy (non-hydrogen) atoms. The highest BCUT2D eigenvalue weighted by Gasteiger charge is 2.17. The molecule has 0 amide bonds. The summed E-state index contributed by atoms with van der Waals surface area (Å²) < 4.78 is 20.0. The van der Waals surface area contributed by atoms with E-state index in [4.69, 9.17) is 10.5 Å². The van der Waals surface area contributed by atoms with Gasteiger partial charge in [-0.05, 0) is 78.1 Å². The van der Waals surface area contributed by atoms with Gasteiger partial charge in [0, 0.05) is 28.6 Å². The maximum atomic E-state index is 13.9. The van der Waals surface area contributed by atoms with E-state index in [1.165, 1.54) is 16.5 Å². The number of nitrogens with zero attached hydrogens (tertiary/aromatic N) is 1. The van der Waals surface area contributed by atoms with E-state index in [1.807, 2.05) is 13.1 Å². The molecule has 0 aliphatic carbocycles. The number of hydrogen-bond donors (Lipinski definition) is 1. The number of aryl methyl sites for hydroxylation is 1. The van der Waals surface area contributed by atoms with Crippen molar-refractivity contribution in [1.29, 1.82) is 0 Å². The Kier molecular flexibility index (Phi) is 7.60. The Morgan fingerprint density at radius 3 is 2.55 bits per heavy atom. The first kappa shape index (κ1) is 23.1. The number of nitrogen functional groups attached to an aromatic ring is 1. The van der Waals surface area contributed by atoms with Gasteiger partial charge in [0.25, 0.3) is 0 Å². The van der Waals surface area contributed by atoms with Gasteiger partial charge in [0.15, 0.2) is 0 Å². The Bertz CT molecular complexity index is 1050. The molecule has 3 aromatic rings. The van der Waals surface area contributed by atoms with Crippen LogP contribution in [0.5, 0.6) is 5.75 Å². The van der Waals surface area contributed by atoms with Crippen molar-refractivity contribution in [2.75, 3.05) is 18.6 Å². The number of anilines is 1. The number of nitrogens with two attached hydrogens (primary N) is 1. The highest BCUT2D eigenvalue weighted by Crippen LogP contribution is 2.33. The minimum atomic E-state index is -0.226. The quantitative estimate of drug-likeness (QED) is 0.389.